The number of ketones is 2. The van der Waals surface area contributed by atoms with Gasteiger partial charge in [-0.3, -0.25) is 14.4 Å². The highest BCUT2D eigenvalue weighted by atomic mass is 35.5. The minimum atomic E-state index is -0.749. The van der Waals surface area contributed by atoms with Crippen molar-refractivity contribution in [3.8, 4) is 0 Å². The van der Waals surface area contributed by atoms with Crippen molar-refractivity contribution in [2.75, 3.05) is 27.2 Å². The number of halogens is 2. The summed E-state index contributed by atoms with van der Waals surface area (Å²) in [7, 11) is 3.61. The number of aryl methyl sites for hydroxylation is 1. The van der Waals surface area contributed by atoms with Crippen LogP contribution in [0.2, 0.25) is 10.0 Å². The lowest BCUT2D eigenvalue weighted by Crippen LogP contribution is -2.47. The lowest BCUT2D eigenvalue weighted by Gasteiger charge is -2.31. The van der Waals surface area contributed by atoms with E-state index in [-0.39, 0.29) is 30.3 Å². The lowest BCUT2D eigenvalue weighted by atomic mass is 9.89. The molecule has 0 spiro atoms. The molecular weight excluding hydrogens is 703 g/mol. The zero-order valence-corrected chi connectivity index (χ0v) is 31.7. The monoisotopic (exact) mass is 750 g/mol. The number of carbonyl (C=O) groups is 3. The fourth-order valence-electron chi connectivity index (χ4n) is 6.82. The standard InChI is InChI=1S/C39H48Cl2N6O3S/c1-43-17-6-5-9-26-21-36(49)33(13-7-16-42)46-23-27-10-8-18-44-38(27)51-37-25(19-29(40)22-31(37)41)14-15-35(48)34(47(2)39(26)50)20-28-24-45-32-12-4-3-11-30(28)32/h3-4,8,10-12,18-19,22,24,26,33-34,43,45-46H,5-7,9,13-17,20-21,23,42H2,1-2H3/t26-,33+,34+/m1/s1. The minimum absolute atomic E-state index is 0.0336. The van der Waals surface area contributed by atoms with Crippen LogP contribution in [-0.4, -0.2) is 71.6 Å². The average molecular weight is 752 g/mol. The maximum Gasteiger partial charge on any atom is 0.226 e. The minimum Gasteiger partial charge on any atom is -0.361 e. The second-order valence-electron chi connectivity index (χ2n) is 13.3. The van der Waals surface area contributed by atoms with Crippen LogP contribution in [-0.2, 0) is 33.8 Å². The first kappa shape index (κ1) is 39.0. The molecule has 0 fully saturated rings. The summed E-state index contributed by atoms with van der Waals surface area (Å²) in [4.78, 5) is 53.4. The highest BCUT2D eigenvalue weighted by Gasteiger charge is 2.34. The second-order valence-corrected chi connectivity index (χ2v) is 15.1. The zero-order valence-electron chi connectivity index (χ0n) is 29.4. The molecule has 0 saturated carbocycles. The molecule has 3 heterocycles. The molecule has 4 aromatic rings. The number of nitrogens with two attached hydrogens (primary N) is 1. The number of hydrogen-bond donors (Lipinski definition) is 4. The smallest absolute Gasteiger partial charge is 0.226 e. The van der Waals surface area contributed by atoms with E-state index in [4.69, 9.17) is 28.9 Å². The largest absolute Gasteiger partial charge is 0.361 e. The molecule has 1 aliphatic heterocycles. The van der Waals surface area contributed by atoms with E-state index in [2.05, 4.69) is 20.6 Å². The van der Waals surface area contributed by atoms with Crippen LogP contribution in [0, 0.1) is 5.92 Å². The number of carbonyl (C=O) groups excluding carboxylic acids is 3. The summed E-state index contributed by atoms with van der Waals surface area (Å²) in [6.07, 6.45) is 7.99. The number of likely N-dealkylation sites (N-methyl/N-ethyl adjacent to an activating group) is 1. The molecule has 51 heavy (non-hydrogen) atoms. The van der Waals surface area contributed by atoms with Crippen LogP contribution in [0.5, 0.6) is 0 Å². The molecule has 3 atom stereocenters. The van der Waals surface area contributed by atoms with Crippen molar-refractivity contribution in [3.05, 3.63) is 87.7 Å². The van der Waals surface area contributed by atoms with Gasteiger partial charge in [-0.25, -0.2) is 4.98 Å². The SMILES string of the molecule is CNCCCC[C@@H]1CC(=O)[C@H](CCCN)NCc2cccnc2Sc2c(Cl)cc(Cl)cc2CCC(=O)[C@H](Cc2c[nH]c3ccccc23)N(C)C1=O. The van der Waals surface area contributed by atoms with E-state index in [9.17, 15) is 14.4 Å². The number of hydrogen-bond acceptors (Lipinski definition) is 8. The molecule has 272 valence electrons. The Hall–Kier alpha value is -3.25. The summed E-state index contributed by atoms with van der Waals surface area (Å²) in [5.74, 6) is -0.870. The summed E-state index contributed by atoms with van der Waals surface area (Å²) in [6.45, 7) is 1.65. The molecular formula is C39H48Cl2N6O3S. The third kappa shape index (κ3) is 10.2. The topological polar surface area (TPSA) is 133 Å². The first-order chi connectivity index (χ1) is 24.7. The molecule has 12 heteroatoms. The van der Waals surface area contributed by atoms with Gasteiger partial charge in [0.15, 0.2) is 11.6 Å². The van der Waals surface area contributed by atoms with Gasteiger partial charge >= 0.3 is 0 Å². The van der Waals surface area contributed by atoms with Gasteiger partial charge in [0.2, 0.25) is 5.91 Å². The quantitative estimate of drug-likeness (QED) is 0.131. The number of pyridine rings is 1. The zero-order chi connectivity index (χ0) is 36.3. The summed E-state index contributed by atoms with van der Waals surface area (Å²) >= 11 is 14.8. The molecule has 2 aromatic heterocycles. The highest BCUT2D eigenvalue weighted by molar-refractivity contribution is 7.99. The van der Waals surface area contributed by atoms with Crippen molar-refractivity contribution >= 4 is 63.3 Å². The van der Waals surface area contributed by atoms with E-state index in [1.165, 1.54) is 11.8 Å². The number of H-pyrrole nitrogens is 1. The Balaban J connectivity index is 1.56. The fourth-order valence-corrected chi connectivity index (χ4v) is 8.50. The van der Waals surface area contributed by atoms with Crippen LogP contribution >= 0.6 is 35.0 Å². The van der Waals surface area contributed by atoms with E-state index in [1.807, 2.05) is 55.7 Å². The summed E-state index contributed by atoms with van der Waals surface area (Å²) in [5.41, 5.74) is 9.55. The van der Waals surface area contributed by atoms with Crippen molar-refractivity contribution in [3.63, 3.8) is 0 Å². The molecule has 1 amide bonds. The van der Waals surface area contributed by atoms with Crippen LogP contribution in [0.15, 0.2) is 70.8 Å². The van der Waals surface area contributed by atoms with Crippen LogP contribution in [0.1, 0.15) is 61.6 Å². The molecule has 1 aliphatic rings. The molecule has 0 saturated heterocycles. The number of rotatable bonds is 10. The van der Waals surface area contributed by atoms with E-state index in [1.54, 1.807) is 24.2 Å². The van der Waals surface area contributed by atoms with Gasteiger partial charge in [0, 0.05) is 72.0 Å². The van der Waals surface area contributed by atoms with Gasteiger partial charge in [0.1, 0.15) is 5.03 Å². The van der Waals surface area contributed by atoms with Crippen LogP contribution in [0.25, 0.3) is 10.9 Å². The number of para-hydroxylation sites is 1. The van der Waals surface area contributed by atoms with Crippen molar-refractivity contribution in [2.45, 2.75) is 86.3 Å². The third-order valence-electron chi connectivity index (χ3n) is 9.70. The van der Waals surface area contributed by atoms with E-state index >= 15 is 0 Å². The molecule has 2 aromatic carbocycles. The van der Waals surface area contributed by atoms with Gasteiger partial charge in [-0.2, -0.15) is 0 Å². The Morgan fingerprint density at radius 2 is 1.82 bits per heavy atom. The molecule has 0 bridgehead atoms. The Morgan fingerprint density at radius 3 is 2.63 bits per heavy atom. The van der Waals surface area contributed by atoms with Gasteiger partial charge < -0.3 is 26.3 Å². The Kier molecular flexibility index (Phi) is 14.5. The summed E-state index contributed by atoms with van der Waals surface area (Å²) in [6, 6.07) is 14.1. The van der Waals surface area contributed by atoms with Crippen molar-refractivity contribution < 1.29 is 14.4 Å². The van der Waals surface area contributed by atoms with Gasteiger partial charge in [0.25, 0.3) is 0 Å². The molecule has 9 nitrogen and oxygen atoms in total. The molecule has 5 N–H and O–H groups in total. The number of benzene rings is 2. The van der Waals surface area contributed by atoms with Crippen LogP contribution in [0.4, 0.5) is 0 Å². The van der Waals surface area contributed by atoms with Gasteiger partial charge in [-0.1, -0.05) is 65.7 Å². The van der Waals surface area contributed by atoms with Crippen molar-refractivity contribution in [1.82, 2.24) is 25.5 Å². The predicted molar refractivity (Wildman–Crippen MR) is 207 cm³/mol. The fraction of sp³-hybridized carbons (Fsp3) is 0.436. The van der Waals surface area contributed by atoms with Gasteiger partial charge in [-0.05, 0) is 93.2 Å². The van der Waals surface area contributed by atoms with Gasteiger partial charge in [0.05, 0.1) is 17.1 Å². The number of nitrogens with zero attached hydrogens (tertiary/aromatic N) is 2. The Morgan fingerprint density at radius 1 is 1.00 bits per heavy atom. The number of fused-ring (bicyclic) bond motifs is 3. The second kappa shape index (κ2) is 19.0. The lowest BCUT2D eigenvalue weighted by molar-refractivity contribution is -0.143. The summed E-state index contributed by atoms with van der Waals surface area (Å²) < 4.78 is 0. The number of amides is 1. The molecule has 0 radical (unpaired) electrons. The summed E-state index contributed by atoms with van der Waals surface area (Å²) in [5, 5.41) is 9.35. The molecule has 0 unspecified atom stereocenters. The highest BCUT2D eigenvalue weighted by Crippen LogP contribution is 2.39. The van der Waals surface area contributed by atoms with E-state index < -0.39 is 18.0 Å². The number of aromatic nitrogens is 2. The number of nitrogens with one attached hydrogen (secondary N) is 3. The average Bonchev–Trinajstić information content (AvgIpc) is 3.54. The number of unbranched alkanes of at least 4 members (excludes halogenated alkanes) is 1. The molecule has 5 rings (SSSR count). The third-order valence-corrected chi connectivity index (χ3v) is 11.6. The molecule has 0 aliphatic carbocycles. The normalized spacial score (nSPS) is 19.6. The van der Waals surface area contributed by atoms with E-state index in [0.717, 1.165) is 56.9 Å². The number of aromatic amines is 1. The van der Waals surface area contributed by atoms with Gasteiger partial charge in [-0.15, -0.1) is 0 Å². The Labute approximate surface area is 314 Å². The Bertz CT molecular complexity index is 1820. The first-order valence-corrected chi connectivity index (χ1v) is 19.3. The number of Topliss-reactive ketones (excluding diaryl/α,β-unsaturated/α-hetero) is 2. The maximum atomic E-state index is 14.5. The van der Waals surface area contributed by atoms with Crippen molar-refractivity contribution in [2.24, 2.45) is 11.7 Å². The first-order valence-electron chi connectivity index (χ1n) is 17.7. The van der Waals surface area contributed by atoms with E-state index in [0.29, 0.717) is 55.2 Å². The van der Waals surface area contributed by atoms with Crippen LogP contribution < -0.4 is 16.4 Å². The van der Waals surface area contributed by atoms with Crippen molar-refractivity contribution in [1.29, 1.82) is 0 Å². The van der Waals surface area contributed by atoms with Crippen LogP contribution in [0.3, 0.4) is 0 Å². The maximum absolute atomic E-state index is 14.5. The predicted octanol–water partition coefficient (Wildman–Crippen LogP) is 6.77.